The Bertz CT molecular complexity index is 789. The van der Waals surface area contributed by atoms with Gasteiger partial charge in [0.15, 0.2) is 23.2 Å². The summed E-state index contributed by atoms with van der Waals surface area (Å²) in [6.07, 6.45) is -2.48. The largest absolute Gasteiger partial charge is 0.480 e. The number of hydrogen-bond acceptors (Lipinski definition) is 11. The summed E-state index contributed by atoms with van der Waals surface area (Å²) >= 11 is 1.38. The third kappa shape index (κ3) is 3.57. The van der Waals surface area contributed by atoms with Crippen molar-refractivity contribution in [1.82, 2.24) is 25.0 Å². The summed E-state index contributed by atoms with van der Waals surface area (Å²) in [5.74, 6) is -0.0736. The zero-order chi connectivity index (χ0) is 18.8. The van der Waals surface area contributed by atoms with E-state index in [2.05, 4.69) is 20.3 Å². The molecule has 2 aromatic rings. The summed E-state index contributed by atoms with van der Waals surface area (Å²) in [4.78, 5) is 18.5. The minimum Gasteiger partial charge on any atom is -0.480 e. The number of rotatable bonds is 7. The molecule has 1 aliphatic heterocycles. The van der Waals surface area contributed by atoms with Gasteiger partial charge in [-0.3, -0.25) is 4.79 Å². The number of aliphatic hydroxyl groups excluding tert-OH is 2. The molecule has 7 N–H and O–H groups in total. The van der Waals surface area contributed by atoms with E-state index >= 15 is 0 Å². The topological polar surface area (TPSA) is 196 Å². The number of fused-ring (bicyclic) bond motifs is 1. The summed E-state index contributed by atoms with van der Waals surface area (Å²) in [5.41, 5.74) is 11.7. The van der Waals surface area contributed by atoms with Gasteiger partial charge in [-0.05, 0) is 12.2 Å². The minimum absolute atomic E-state index is 0.149. The molecule has 12 nitrogen and oxygen atoms in total. The smallest absolute Gasteiger partial charge is 0.320 e. The summed E-state index contributed by atoms with van der Waals surface area (Å²) in [7, 11) is 0. The van der Waals surface area contributed by atoms with Crippen LogP contribution in [0.3, 0.4) is 0 Å². The maximum atomic E-state index is 10.7. The summed E-state index contributed by atoms with van der Waals surface area (Å²) in [5, 5.41) is 37.0. The molecule has 0 aliphatic carbocycles. The van der Waals surface area contributed by atoms with Crippen LogP contribution in [0.25, 0.3) is 11.2 Å². The Hall–Kier alpha value is -2.06. The standard InChI is InChI=1S/C13H19N7O5S/c14-5(13(23)24)1-2-26-3-6-8(21)9(22)12(25-6)20-11-7(18-19-20)10(15)16-4-17-11/h4-6,8-9,12,21-22H,1-3,14H2,(H,23,24)(H2,15,16,17)/t5?,6-,8-,9-,12?/m1/s1. The Labute approximate surface area is 151 Å². The number of carbonyl (C=O) groups is 1. The number of thioether (sulfide) groups is 1. The highest BCUT2D eigenvalue weighted by Crippen LogP contribution is 2.32. The van der Waals surface area contributed by atoms with E-state index in [1.807, 2.05) is 0 Å². The van der Waals surface area contributed by atoms with Crippen molar-refractivity contribution < 1.29 is 24.9 Å². The molecular formula is C13H19N7O5S. The van der Waals surface area contributed by atoms with Crippen LogP contribution in [-0.2, 0) is 9.53 Å². The van der Waals surface area contributed by atoms with E-state index in [-0.39, 0.29) is 17.0 Å². The first-order chi connectivity index (χ1) is 12.4. The molecule has 1 fully saturated rings. The van der Waals surface area contributed by atoms with E-state index in [4.69, 9.17) is 21.3 Å². The van der Waals surface area contributed by atoms with Crippen molar-refractivity contribution in [1.29, 1.82) is 0 Å². The van der Waals surface area contributed by atoms with Gasteiger partial charge in [-0.1, -0.05) is 5.21 Å². The third-order valence-corrected chi connectivity index (χ3v) is 5.13. The first kappa shape index (κ1) is 18.7. The fourth-order valence-electron chi connectivity index (χ4n) is 2.56. The zero-order valence-corrected chi connectivity index (χ0v) is 14.4. The van der Waals surface area contributed by atoms with Crippen LogP contribution in [0.4, 0.5) is 5.82 Å². The van der Waals surface area contributed by atoms with Crippen LogP contribution in [0.2, 0.25) is 0 Å². The van der Waals surface area contributed by atoms with Gasteiger partial charge in [-0.25, -0.2) is 9.97 Å². The minimum atomic E-state index is -1.23. The average Bonchev–Trinajstić information content (AvgIpc) is 3.15. The maximum Gasteiger partial charge on any atom is 0.320 e. The van der Waals surface area contributed by atoms with Crippen molar-refractivity contribution in [3.05, 3.63) is 6.33 Å². The van der Waals surface area contributed by atoms with Crippen LogP contribution in [0, 0.1) is 0 Å². The van der Waals surface area contributed by atoms with E-state index in [1.54, 1.807) is 0 Å². The molecule has 2 unspecified atom stereocenters. The number of carboxylic acids is 1. The van der Waals surface area contributed by atoms with Crippen molar-refractivity contribution in [3.8, 4) is 0 Å². The number of carboxylic acid groups (broad SMARTS) is 1. The highest BCUT2D eigenvalue weighted by atomic mass is 32.2. The quantitative estimate of drug-likeness (QED) is 0.328. The molecule has 0 bridgehead atoms. The Morgan fingerprint density at radius 2 is 2.15 bits per heavy atom. The van der Waals surface area contributed by atoms with Gasteiger partial charge in [0, 0.05) is 5.75 Å². The predicted molar refractivity (Wildman–Crippen MR) is 91.0 cm³/mol. The molecule has 0 spiro atoms. The Morgan fingerprint density at radius 1 is 1.38 bits per heavy atom. The molecule has 142 valence electrons. The van der Waals surface area contributed by atoms with Crippen LogP contribution in [0.15, 0.2) is 6.33 Å². The van der Waals surface area contributed by atoms with Gasteiger partial charge in [0.2, 0.25) is 0 Å². The monoisotopic (exact) mass is 385 g/mol. The first-order valence-corrected chi connectivity index (χ1v) is 8.94. The van der Waals surface area contributed by atoms with E-state index in [0.29, 0.717) is 17.9 Å². The number of anilines is 1. The molecule has 0 amide bonds. The Balaban J connectivity index is 1.64. The van der Waals surface area contributed by atoms with Crippen LogP contribution in [0.1, 0.15) is 12.6 Å². The normalized spacial score (nSPS) is 27.0. The van der Waals surface area contributed by atoms with Crippen molar-refractivity contribution in [2.45, 2.75) is 37.0 Å². The number of nitrogens with zero attached hydrogens (tertiary/aromatic N) is 5. The van der Waals surface area contributed by atoms with Gasteiger partial charge in [0.1, 0.15) is 24.6 Å². The Morgan fingerprint density at radius 3 is 2.88 bits per heavy atom. The molecular weight excluding hydrogens is 366 g/mol. The number of nitrogen functional groups attached to an aromatic ring is 1. The summed E-state index contributed by atoms with van der Waals surface area (Å²) in [6, 6.07) is -0.929. The number of hydrogen-bond donors (Lipinski definition) is 5. The van der Waals surface area contributed by atoms with Gasteiger partial charge in [0.25, 0.3) is 0 Å². The lowest BCUT2D eigenvalue weighted by atomic mass is 10.1. The second-order valence-electron chi connectivity index (χ2n) is 5.82. The molecule has 0 saturated carbocycles. The second kappa shape index (κ2) is 7.67. The number of aromatic nitrogens is 5. The van der Waals surface area contributed by atoms with E-state index in [9.17, 15) is 15.0 Å². The van der Waals surface area contributed by atoms with Crippen molar-refractivity contribution >= 4 is 34.7 Å². The number of nitrogens with two attached hydrogens (primary N) is 2. The van der Waals surface area contributed by atoms with Crippen molar-refractivity contribution in [2.24, 2.45) is 5.73 Å². The molecule has 13 heteroatoms. The summed E-state index contributed by atoms with van der Waals surface area (Å²) < 4.78 is 6.98. The number of aliphatic carboxylic acids is 1. The average molecular weight is 385 g/mol. The molecule has 5 atom stereocenters. The maximum absolute atomic E-state index is 10.7. The molecule has 3 rings (SSSR count). The fraction of sp³-hybridized carbons (Fsp3) is 0.615. The highest BCUT2D eigenvalue weighted by Gasteiger charge is 2.44. The third-order valence-electron chi connectivity index (χ3n) is 4.04. The fourth-order valence-corrected chi connectivity index (χ4v) is 3.65. The first-order valence-electron chi connectivity index (χ1n) is 7.79. The number of aliphatic hydroxyl groups is 2. The van der Waals surface area contributed by atoms with Gasteiger partial charge >= 0.3 is 5.97 Å². The highest BCUT2D eigenvalue weighted by molar-refractivity contribution is 7.99. The Kier molecular flexibility index (Phi) is 5.52. The zero-order valence-electron chi connectivity index (χ0n) is 13.5. The number of ether oxygens (including phenoxy) is 1. The molecule has 0 aromatic carbocycles. The van der Waals surface area contributed by atoms with Crippen molar-refractivity contribution in [3.63, 3.8) is 0 Å². The molecule has 3 heterocycles. The van der Waals surface area contributed by atoms with Crippen LogP contribution >= 0.6 is 11.8 Å². The lowest BCUT2D eigenvalue weighted by Crippen LogP contribution is -2.33. The summed E-state index contributed by atoms with van der Waals surface area (Å²) in [6.45, 7) is 0. The second-order valence-corrected chi connectivity index (χ2v) is 6.97. The van der Waals surface area contributed by atoms with Crippen molar-refractivity contribution in [2.75, 3.05) is 17.2 Å². The van der Waals surface area contributed by atoms with Crippen LogP contribution in [0.5, 0.6) is 0 Å². The molecule has 26 heavy (non-hydrogen) atoms. The lowest BCUT2D eigenvalue weighted by molar-refractivity contribution is -0.138. The molecule has 1 aliphatic rings. The van der Waals surface area contributed by atoms with Gasteiger partial charge in [-0.15, -0.1) is 5.10 Å². The van der Waals surface area contributed by atoms with Gasteiger partial charge < -0.3 is 31.5 Å². The lowest BCUT2D eigenvalue weighted by Gasteiger charge is -2.14. The molecule has 2 aromatic heterocycles. The molecule has 0 radical (unpaired) electrons. The SMILES string of the molecule is Nc1ncnc2c1nnn2C1O[C@H](CSCCC(N)C(=O)O)[C@@H](O)[C@H]1O. The van der Waals surface area contributed by atoms with E-state index in [1.165, 1.54) is 22.8 Å². The van der Waals surface area contributed by atoms with Gasteiger partial charge in [0.05, 0.1) is 6.10 Å². The van der Waals surface area contributed by atoms with Crippen LogP contribution in [-0.4, -0.2) is 82.1 Å². The van der Waals surface area contributed by atoms with Gasteiger partial charge in [-0.2, -0.15) is 16.4 Å². The van der Waals surface area contributed by atoms with E-state index in [0.717, 1.165) is 0 Å². The molecule has 1 saturated heterocycles. The van der Waals surface area contributed by atoms with Crippen LogP contribution < -0.4 is 11.5 Å². The van der Waals surface area contributed by atoms with E-state index < -0.39 is 36.6 Å². The predicted octanol–water partition coefficient (Wildman–Crippen LogP) is -2.04.